The average Bonchev–Trinajstić information content (AvgIpc) is 2.35. The van der Waals surface area contributed by atoms with Gasteiger partial charge in [0.15, 0.2) is 0 Å². The summed E-state index contributed by atoms with van der Waals surface area (Å²) < 4.78 is 5.28. The Morgan fingerprint density at radius 1 is 1.42 bits per heavy atom. The summed E-state index contributed by atoms with van der Waals surface area (Å²) in [6, 6.07) is 0.237. The molecule has 0 radical (unpaired) electrons. The highest BCUT2D eigenvalue weighted by Gasteiger charge is 2.18. The van der Waals surface area contributed by atoms with E-state index in [1.165, 1.54) is 0 Å². The summed E-state index contributed by atoms with van der Waals surface area (Å²) >= 11 is 0. The molecule has 0 aliphatic heterocycles. The van der Waals surface area contributed by atoms with E-state index in [1.54, 1.807) is 11.9 Å². The van der Waals surface area contributed by atoms with Gasteiger partial charge in [-0.1, -0.05) is 0 Å². The Morgan fingerprint density at radius 3 is 2.58 bits per heavy atom. The molecule has 1 amide bonds. The maximum absolute atomic E-state index is 11.1. The fraction of sp³-hybridized carbons (Fsp3) is 0.636. The number of nitrogens with one attached hydrogen (secondary N) is 1. The van der Waals surface area contributed by atoms with Crippen molar-refractivity contribution in [2.75, 3.05) is 30.4 Å². The van der Waals surface area contributed by atoms with Gasteiger partial charge in [0.1, 0.15) is 0 Å². The van der Waals surface area contributed by atoms with Gasteiger partial charge < -0.3 is 20.7 Å². The van der Waals surface area contributed by atoms with Gasteiger partial charge in [-0.2, -0.15) is 15.0 Å². The second-order valence-corrected chi connectivity index (χ2v) is 4.11. The number of ether oxygens (including phenoxy) is 1. The summed E-state index contributed by atoms with van der Waals surface area (Å²) in [5.41, 5.74) is 5.24. The van der Waals surface area contributed by atoms with Crippen LogP contribution in [0.1, 0.15) is 20.8 Å². The second kappa shape index (κ2) is 6.72. The van der Waals surface area contributed by atoms with Crippen LogP contribution in [0.3, 0.4) is 0 Å². The maximum atomic E-state index is 11.1. The minimum atomic E-state index is -0.446. The molecule has 19 heavy (non-hydrogen) atoms. The Morgan fingerprint density at radius 2 is 2.11 bits per heavy atom. The molecule has 1 aromatic rings. The van der Waals surface area contributed by atoms with Crippen LogP contribution in [0.2, 0.25) is 0 Å². The highest BCUT2D eigenvalue weighted by molar-refractivity contribution is 5.79. The van der Waals surface area contributed by atoms with Crippen molar-refractivity contribution in [1.82, 2.24) is 15.0 Å². The molecule has 0 fully saturated rings. The Bertz CT molecular complexity index is 437. The largest absolute Gasteiger partial charge is 0.464 e. The lowest BCUT2D eigenvalue weighted by Gasteiger charge is -2.25. The van der Waals surface area contributed by atoms with E-state index in [-0.39, 0.29) is 18.6 Å². The zero-order valence-electron chi connectivity index (χ0n) is 11.7. The zero-order chi connectivity index (χ0) is 14.4. The van der Waals surface area contributed by atoms with E-state index in [2.05, 4.69) is 20.3 Å². The molecule has 0 saturated carbocycles. The number of rotatable bonds is 7. The first kappa shape index (κ1) is 14.9. The van der Waals surface area contributed by atoms with Crippen molar-refractivity contribution in [3.63, 3.8) is 0 Å². The zero-order valence-corrected chi connectivity index (χ0v) is 11.7. The van der Waals surface area contributed by atoms with E-state index < -0.39 is 5.91 Å². The molecule has 0 aliphatic rings. The van der Waals surface area contributed by atoms with E-state index in [4.69, 9.17) is 10.5 Å². The number of nitrogens with zero attached hydrogens (tertiary/aromatic N) is 4. The number of anilines is 2. The predicted octanol–water partition coefficient (Wildman–Crippen LogP) is 0.0121. The molecule has 106 valence electrons. The Kier molecular flexibility index (Phi) is 5.28. The van der Waals surface area contributed by atoms with E-state index in [0.717, 1.165) is 0 Å². The molecule has 1 aromatic heterocycles. The fourth-order valence-electron chi connectivity index (χ4n) is 1.43. The smallest absolute Gasteiger partial charge is 0.323 e. The standard InChI is InChI=1S/C11H20N6O2/c1-5-19-11-15-9(13-4)14-10(16-11)17(7(2)3)6-8(12)18/h7H,5-6H2,1-4H3,(H2,12,18)(H,13,14,15,16). The van der Waals surface area contributed by atoms with Gasteiger partial charge in [-0.05, 0) is 20.8 Å². The van der Waals surface area contributed by atoms with Crippen molar-refractivity contribution in [1.29, 1.82) is 0 Å². The van der Waals surface area contributed by atoms with Gasteiger partial charge in [0.25, 0.3) is 0 Å². The summed E-state index contributed by atoms with van der Waals surface area (Å²) in [4.78, 5) is 25.3. The van der Waals surface area contributed by atoms with Crippen LogP contribution >= 0.6 is 0 Å². The van der Waals surface area contributed by atoms with Gasteiger partial charge in [0.05, 0.1) is 13.2 Å². The Balaban J connectivity index is 3.13. The van der Waals surface area contributed by atoms with Gasteiger partial charge >= 0.3 is 6.01 Å². The normalized spacial score (nSPS) is 10.4. The van der Waals surface area contributed by atoms with Crippen molar-refractivity contribution in [3.8, 4) is 6.01 Å². The first-order valence-corrected chi connectivity index (χ1v) is 6.09. The Labute approximate surface area is 112 Å². The molecule has 0 atom stereocenters. The minimum absolute atomic E-state index is 0.0223. The molecular weight excluding hydrogens is 248 g/mol. The lowest BCUT2D eigenvalue weighted by molar-refractivity contribution is -0.116. The molecule has 0 saturated heterocycles. The van der Waals surface area contributed by atoms with Crippen LogP contribution < -0.4 is 20.7 Å². The predicted molar refractivity (Wildman–Crippen MR) is 72.2 cm³/mol. The van der Waals surface area contributed by atoms with Crippen molar-refractivity contribution >= 4 is 17.8 Å². The molecule has 3 N–H and O–H groups in total. The summed E-state index contributed by atoms with van der Waals surface area (Å²) in [6.07, 6.45) is 0. The third-order valence-electron chi connectivity index (χ3n) is 2.31. The number of primary amides is 1. The molecule has 0 aromatic carbocycles. The Hall–Kier alpha value is -2.12. The number of hydrogen-bond acceptors (Lipinski definition) is 7. The summed E-state index contributed by atoms with van der Waals surface area (Å²) in [6.45, 7) is 6.17. The molecular formula is C11H20N6O2. The third-order valence-corrected chi connectivity index (χ3v) is 2.31. The number of aromatic nitrogens is 3. The third kappa shape index (κ3) is 4.23. The van der Waals surface area contributed by atoms with E-state index in [0.29, 0.717) is 18.5 Å². The van der Waals surface area contributed by atoms with Gasteiger partial charge in [-0.25, -0.2) is 0 Å². The monoisotopic (exact) mass is 268 g/mol. The average molecular weight is 268 g/mol. The molecule has 0 bridgehead atoms. The molecule has 1 rings (SSSR count). The van der Waals surface area contributed by atoms with Crippen molar-refractivity contribution in [2.45, 2.75) is 26.8 Å². The molecule has 8 nitrogen and oxygen atoms in total. The van der Waals surface area contributed by atoms with Crippen LogP contribution in [0, 0.1) is 0 Å². The van der Waals surface area contributed by atoms with Crippen LogP contribution in [-0.2, 0) is 4.79 Å². The lowest BCUT2D eigenvalue weighted by Crippen LogP contribution is -2.39. The summed E-state index contributed by atoms with van der Waals surface area (Å²) in [5.74, 6) is 0.290. The number of amides is 1. The van der Waals surface area contributed by atoms with Gasteiger partial charge in [-0.3, -0.25) is 4.79 Å². The summed E-state index contributed by atoms with van der Waals surface area (Å²) in [7, 11) is 1.70. The van der Waals surface area contributed by atoms with E-state index >= 15 is 0 Å². The van der Waals surface area contributed by atoms with Crippen LogP contribution in [0.25, 0.3) is 0 Å². The molecule has 0 aliphatic carbocycles. The SMILES string of the molecule is CCOc1nc(NC)nc(N(CC(N)=O)C(C)C)n1. The van der Waals surface area contributed by atoms with Crippen LogP contribution in [-0.4, -0.2) is 47.1 Å². The second-order valence-electron chi connectivity index (χ2n) is 4.11. The number of hydrogen-bond donors (Lipinski definition) is 2. The summed E-state index contributed by atoms with van der Waals surface area (Å²) in [5, 5.41) is 2.83. The topological polar surface area (TPSA) is 106 Å². The van der Waals surface area contributed by atoms with Crippen LogP contribution in [0.4, 0.5) is 11.9 Å². The van der Waals surface area contributed by atoms with Gasteiger partial charge in [0.2, 0.25) is 17.8 Å². The van der Waals surface area contributed by atoms with Crippen molar-refractivity contribution in [3.05, 3.63) is 0 Å². The lowest BCUT2D eigenvalue weighted by atomic mass is 10.3. The van der Waals surface area contributed by atoms with Crippen LogP contribution in [0.15, 0.2) is 0 Å². The number of nitrogens with two attached hydrogens (primary N) is 1. The molecule has 1 heterocycles. The molecule has 0 unspecified atom stereocenters. The first-order valence-electron chi connectivity index (χ1n) is 6.09. The minimum Gasteiger partial charge on any atom is -0.464 e. The number of carbonyl (C=O) groups excluding carboxylic acids is 1. The highest BCUT2D eigenvalue weighted by Crippen LogP contribution is 2.16. The quantitative estimate of drug-likeness (QED) is 0.717. The maximum Gasteiger partial charge on any atom is 0.323 e. The van der Waals surface area contributed by atoms with Crippen LogP contribution in [0.5, 0.6) is 6.01 Å². The first-order chi connectivity index (χ1) is 8.97. The van der Waals surface area contributed by atoms with Gasteiger partial charge in [0, 0.05) is 13.1 Å². The molecule has 8 heteroatoms. The van der Waals surface area contributed by atoms with Crippen molar-refractivity contribution in [2.24, 2.45) is 5.73 Å². The van der Waals surface area contributed by atoms with E-state index in [1.807, 2.05) is 20.8 Å². The fourth-order valence-corrected chi connectivity index (χ4v) is 1.43. The highest BCUT2D eigenvalue weighted by atomic mass is 16.5. The number of carbonyl (C=O) groups is 1. The molecule has 0 spiro atoms. The van der Waals surface area contributed by atoms with Gasteiger partial charge in [-0.15, -0.1) is 0 Å². The van der Waals surface area contributed by atoms with Crippen molar-refractivity contribution < 1.29 is 9.53 Å². The van der Waals surface area contributed by atoms with E-state index in [9.17, 15) is 4.79 Å².